The summed E-state index contributed by atoms with van der Waals surface area (Å²) in [5.41, 5.74) is 5.01. The van der Waals surface area contributed by atoms with E-state index in [4.69, 9.17) is 0 Å². The van der Waals surface area contributed by atoms with Crippen LogP contribution in [0.1, 0.15) is 66.6 Å². The monoisotopic (exact) mass is 490 g/mol. The first kappa shape index (κ1) is 24.6. The van der Waals surface area contributed by atoms with Gasteiger partial charge in [0.05, 0.1) is 11.3 Å². The Balaban J connectivity index is 1.31. The number of nitrogens with zero attached hydrogens (tertiary/aromatic N) is 3. The highest BCUT2D eigenvalue weighted by molar-refractivity contribution is 6.05. The highest BCUT2D eigenvalue weighted by Crippen LogP contribution is 2.32. The van der Waals surface area contributed by atoms with Crippen molar-refractivity contribution in [3.8, 4) is 11.3 Å². The summed E-state index contributed by atoms with van der Waals surface area (Å²) in [6.07, 6.45) is 4.48. The van der Waals surface area contributed by atoms with Crippen LogP contribution in [0, 0.1) is 12.8 Å². The van der Waals surface area contributed by atoms with Crippen LogP contribution in [0.5, 0.6) is 0 Å². The molecule has 1 aromatic carbocycles. The maximum atomic E-state index is 13.0. The molecule has 2 N–H and O–H groups in total. The maximum absolute atomic E-state index is 13.0. The summed E-state index contributed by atoms with van der Waals surface area (Å²) in [5, 5.41) is 12.7. The lowest BCUT2D eigenvalue weighted by atomic mass is 9.83. The molecule has 36 heavy (non-hydrogen) atoms. The number of likely N-dealkylation sites (tertiary alicyclic amines) is 1. The molecule has 3 amide bonds. The minimum atomic E-state index is -0.630. The van der Waals surface area contributed by atoms with Gasteiger partial charge in [-0.15, -0.1) is 0 Å². The molecule has 0 radical (unpaired) electrons. The molecule has 8 nitrogen and oxygen atoms in total. The largest absolute Gasteiger partial charge is 0.390 e. The van der Waals surface area contributed by atoms with Crippen LogP contribution in [0.4, 0.5) is 0 Å². The lowest BCUT2D eigenvalue weighted by Gasteiger charge is -2.38. The second-order valence-electron chi connectivity index (χ2n) is 11.0. The molecule has 3 aliphatic rings. The van der Waals surface area contributed by atoms with E-state index in [1.54, 1.807) is 4.90 Å². The SMILES string of the molecule is Cc1cnc(-c2ccc3c(c2)CN(C2CCC(=O)NC2=O)C3=O)cc1CN1CCC(C(C)(C)O)CC1. The van der Waals surface area contributed by atoms with Crippen molar-refractivity contribution >= 4 is 17.7 Å². The van der Waals surface area contributed by atoms with E-state index >= 15 is 0 Å². The third-order valence-corrected chi connectivity index (χ3v) is 8.01. The van der Waals surface area contributed by atoms with Gasteiger partial charge in [0.1, 0.15) is 6.04 Å². The zero-order valence-electron chi connectivity index (χ0n) is 21.2. The maximum Gasteiger partial charge on any atom is 0.255 e. The Morgan fingerprint density at radius 2 is 1.86 bits per heavy atom. The summed E-state index contributed by atoms with van der Waals surface area (Å²) < 4.78 is 0. The van der Waals surface area contributed by atoms with Crippen LogP contribution in [-0.4, -0.2) is 62.3 Å². The average Bonchev–Trinajstić information content (AvgIpc) is 3.16. The lowest BCUT2D eigenvalue weighted by Crippen LogP contribution is -2.52. The number of carbonyl (C=O) groups is 3. The molecule has 1 aromatic heterocycles. The molecule has 5 rings (SSSR count). The van der Waals surface area contributed by atoms with Crippen molar-refractivity contribution in [2.45, 2.75) is 71.2 Å². The number of pyridine rings is 1. The van der Waals surface area contributed by atoms with E-state index in [1.165, 1.54) is 5.56 Å². The number of rotatable bonds is 5. The normalized spacial score (nSPS) is 21.6. The molecule has 0 saturated carbocycles. The number of benzene rings is 1. The standard InChI is InChI=1S/C28H34N4O4/c1-17-14-29-23(13-19(17)15-31-10-8-21(9-11-31)28(2,3)36)18-4-5-22-20(12-18)16-32(27(22)35)24-6-7-25(33)30-26(24)34/h4-5,12-14,21,24,36H,6-11,15-16H2,1-3H3,(H,30,33,34). The molecule has 4 heterocycles. The van der Waals surface area contributed by atoms with E-state index in [0.29, 0.717) is 24.4 Å². The zero-order chi connectivity index (χ0) is 25.6. The van der Waals surface area contributed by atoms with E-state index < -0.39 is 17.6 Å². The van der Waals surface area contributed by atoms with Gasteiger partial charge in [0.2, 0.25) is 11.8 Å². The molecular weight excluding hydrogens is 456 g/mol. The Labute approximate surface area is 211 Å². The number of nitrogens with one attached hydrogen (secondary N) is 1. The number of aryl methyl sites for hydroxylation is 1. The lowest BCUT2D eigenvalue weighted by molar-refractivity contribution is -0.136. The number of hydrogen-bond donors (Lipinski definition) is 2. The van der Waals surface area contributed by atoms with Gasteiger partial charge in [-0.3, -0.25) is 29.6 Å². The molecule has 0 bridgehead atoms. The first-order valence-corrected chi connectivity index (χ1v) is 12.8. The minimum absolute atomic E-state index is 0.168. The first-order valence-electron chi connectivity index (χ1n) is 12.8. The van der Waals surface area contributed by atoms with E-state index in [0.717, 1.165) is 54.9 Å². The second kappa shape index (κ2) is 9.41. The van der Waals surface area contributed by atoms with Gasteiger partial charge in [-0.1, -0.05) is 6.07 Å². The highest BCUT2D eigenvalue weighted by Gasteiger charge is 2.39. The molecule has 1 unspecified atom stereocenters. The summed E-state index contributed by atoms with van der Waals surface area (Å²) in [7, 11) is 0. The van der Waals surface area contributed by atoms with Crippen LogP contribution in [0.2, 0.25) is 0 Å². The Kier molecular flexibility index (Phi) is 6.43. The van der Waals surface area contributed by atoms with Gasteiger partial charge in [0, 0.05) is 36.8 Å². The quantitative estimate of drug-likeness (QED) is 0.625. The molecular formula is C28H34N4O4. The molecule has 2 saturated heterocycles. The fourth-order valence-electron chi connectivity index (χ4n) is 5.67. The molecule has 2 fully saturated rings. The molecule has 190 valence electrons. The number of piperidine rings is 2. The fraction of sp³-hybridized carbons (Fsp3) is 0.500. The Hall–Kier alpha value is -3.10. The van der Waals surface area contributed by atoms with Gasteiger partial charge < -0.3 is 10.0 Å². The second-order valence-corrected chi connectivity index (χ2v) is 11.0. The van der Waals surface area contributed by atoms with E-state index in [9.17, 15) is 19.5 Å². The Morgan fingerprint density at radius 1 is 1.11 bits per heavy atom. The minimum Gasteiger partial charge on any atom is -0.390 e. The number of aliphatic hydroxyl groups is 1. The first-order chi connectivity index (χ1) is 17.1. The van der Waals surface area contributed by atoms with Crippen LogP contribution < -0.4 is 5.32 Å². The molecule has 1 atom stereocenters. The summed E-state index contributed by atoms with van der Waals surface area (Å²) >= 11 is 0. The number of amides is 3. The van der Waals surface area contributed by atoms with Crippen LogP contribution in [0.25, 0.3) is 11.3 Å². The number of fused-ring (bicyclic) bond motifs is 1. The molecule has 0 spiro atoms. The highest BCUT2D eigenvalue weighted by atomic mass is 16.3. The number of imide groups is 1. The van der Waals surface area contributed by atoms with Crippen molar-refractivity contribution in [1.29, 1.82) is 0 Å². The third kappa shape index (κ3) is 4.80. The summed E-state index contributed by atoms with van der Waals surface area (Å²) in [4.78, 5) is 45.5. The van der Waals surface area contributed by atoms with E-state index in [1.807, 2.05) is 38.2 Å². The van der Waals surface area contributed by atoms with Crippen molar-refractivity contribution in [3.63, 3.8) is 0 Å². The number of carbonyl (C=O) groups excluding carboxylic acids is 3. The van der Waals surface area contributed by atoms with Crippen LogP contribution >= 0.6 is 0 Å². The van der Waals surface area contributed by atoms with Gasteiger partial charge in [-0.2, -0.15) is 0 Å². The summed E-state index contributed by atoms with van der Waals surface area (Å²) in [6, 6.07) is 7.25. The predicted molar refractivity (Wildman–Crippen MR) is 135 cm³/mol. The Morgan fingerprint density at radius 3 is 2.56 bits per heavy atom. The van der Waals surface area contributed by atoms with Crippen LogP contribution in [-0.2, 0) is 22.7 Å². The van der Waals surface area contributed by atoms with Gasteiger partial charge >= 0.3 is 0 Å². The number of aromatic nitrogens is 1. The van der Waals surface area contributed by atoms with Crippen molar-refractivity contribution < 1.29 is 19.5 Å². The van der Waals surface area contributed by atoms with Crippen molar-refractivity contribution in [1.82, 2.24) is 20.1 Å². The topological polar surface area (TPSA) is 103 Å². The molecule has 0 aliphatic carbocycles. The predicted octanol–water partition coefficient (Wildman–Crippen LogP) is 2.80. The van der Waals surface area contributed by atoms with Gasteiger partial charge in [-0.05, 0) is 93.9 Å². The number of hydrogen-bond acceptors (Lipinski definition) is 6. The zero-order valence-corrected chi connectivity index (χ0v) is 21.2. The van der Waals surface area contributed by atoms with Gasteiger partial charge in [0.25, 0.3) is 5.91 Å². The van der Waals surface area contributed by atoms with Gasteiger partial charge in [-0.25, -0.2) is 0 Å². The summed E-state index contributed by atoms with van der Waals surface area (Å²) in [5.74, 6) is -0.524. The van der Waals surface area contributed by atoms with Crippen molar-refractivity contribution in [2.75, 3.05) is 13.1 Å². The molecule has 2 aromatic rings. The molecule has 3 aliphatic heterocycles. The van der Waals surface area contributed by atoms with E-state index in [2.05, 4.69) is 28.2 Å². The summed E-state index contributed by atoms with van der Waals surface area (Å²) in [6.45, 7) is 9.00. The van der Waals surface area contributed by atoms with Gasteiger partial charge in [0.15, 0.2) is 0 Å². The smallest absolute Gasteiger partial charge is 0.255 e. The van der Waals surface area contributed by atoms with Crippen LogP contribution in [0.15, 0.2) is 30.5 Å². The van der Waals surface area contributed by atoms with Crippen molar-refractivity contribution in [3.05, 3.63) is 52.7 Å². The molecule has 8 heteroatoms. The third-order valence-electron chi connectivity index (χ3n) is 8.01. The van der Waals surface area contributed by atoms with Crippen LogP contribution in [0.3, 0.4) is 0 Å². The van der Waals surface area contributed by atoms with E-state index in [-0.39, 0.29) is 18.2 Å². The average molecular weight is 491 g/mol. The van der Waals surface area contributed by atoms with Crippen molar-refractivity contribution in [2.24, 2.45) is 5.92 Å². The fourth-order valence-corrected chi connectivity index (χ4v) is 5.67. The Bertz CT molecular complexity index is 1210.